The third-order valence-corrected chi connectivity index (χ3v) is 6.04. The molecule has 0 bridgehead atoms. The molecule has 1 aliphatic rings. The van der Waals surface area contributed by atoms with Gasteiger partial charge in [0, 0.05) is 35.6 Å². The number of amides is 2. The maximum atomic E-state index is 12.8. The predicted molar refractivity (Wildman–Crippen MR) is 117 cm³/mol. The minimum Gasteiger partial charge on any atom is -0.497 e. The van der Waals surface area contributed by atoms with Crippen LogP contribution in [-0.2, 0) is 13.0 Å². The average molecular weight is 440 g/mol. The van der Waals surface area contributed by atoms with Crippen molar-refractivity contribution in [2.75, 3.05) is 26.1 Å². The van der Waals surface area contributed by atoms with Crippen molar-refractivity contribution < 1.29 is 19.1 Å². The fraction of sp³-hybridized carbons (Fsp3) is 0.400. The molecule has 1 aromatic heterocycles. The molecule has 0 aliphatic carbocycles. The molecule has 0 fully saturated rings. The van der Waals surface area contributed by atoms with E-state index >= 15 is 0 Å². The molecule has 0 saturated heterocycles. The number of carbonyl (C=O) groups is 2. The molecule has 0 saturated carbocycles. The molecule has 0 unspecified atom stereocenters. The van der Waals surface area contributed by atoms with Gasteiger partial charge in [0.1, 0.15) is 16.5 Å². The first kappa shape index (κ1) is 23.0. The van der Waals surface area contributed by atoms with Gasteiger partial charge in [0.2, 0.25) is 0 Å². The summed E-state index contributed by atoms with van der Waals surface area (Å²) in [6.45, 7) is 5.90. The van der Waals surface area contributed by atoms with Gasteiger partial charge in [-0.05, 0) is 38.0 Å². The standard InChI is InChI=1S/C20H25N3O4S.ClH/c1-11(2)23-6-5-15-16(10-23)28-20(17(15)18(21)24)22-19(25)12-7-13(26-3)9-14(8-12)27-4;/h7-9,11H,5-6,10H2,1-4H3,(H2,21,24)(H,22,25);1H. The Morgan fingerprint density at radius 3 is 2.31 bits per heavy atom. The first-order chi connectivity index (χ1) is 13.3. The van der Waals surface area contributed by atoms with Gasteiger partial charge in [-0.15, -0.1) is 23.7 Å². The van der Waals surface area contributed by atoms with Gasteiger partial charge in [-0.1, -0.05) is 0 Å². The minimum atomic E-state index is -0.519. The van der Waals surface area contributed by atoms with E-state index in [1.165, 1.54) is 25.6 Å². The van der Waals surface area contributed by atoms with Crippen molar-refractivity contribution in [1.82, 2.24) is 4.90 Å². The molecule has 0 radical (unpaired) electrons. The van der Waals surface area contributed by atoms with E-state index in [1.54, 1.807) is 18.2 Å². The number of ether oxygens (including phenoxy) is 2. The number of primary amides is 1. The van der Waals surface area contributed by atoms with E-state index < -0.39 is 5.91 Å². The van der Waals surface area contributed by atoms with E-state index in [9.17, 15) is 9.59 Å². The van der Waals surface area contributed by atoms with Crippen molar-refractivity contribution in [1.29, 1.82) is 0 Å². The number of nitrogens with one attached hydrogen (secondary N) is 1. The summed E-state index contributed by atoms with van der Waals surface area (Å²) < 4.78 is 10.4. The summed E-state index contributed by atoms with van der Waals surface area (Å²) in [5.74, 6) is 0.156. The van der Waals surface area contributed by atoms with E-state index in [-0.39, 0.29) is 18.3 Å². The van der Waals surface area contributed by atoms with Gasteiger partial charge in [-0.3, -0.25) is 14.5 Å². The van der Waals surface area contributed by atoms with Gasteiger partial charge in [0.25, 0.3) is 11.8 Å². The number of hydrogen-bond donors (Lipinski definition) is 2. The molecule has 2 amide bonds. The Morgan fingerprint density at radius 1 is 1.17 bits per heavy atom. The van der Waals surface area contributed by atoms with Gasteiger partial charge >= 0.3 is 0 Å². The number of carbonyl (C=O) groups excluding carboxylic acids is 2. The molecular formula is C20H26ClN3O4S. The molecular weight excluding hydrogens is 414 g/mol. The molecule has 1 aromatic carbocycles. The number of benzene rings is 1. The van der Waals surface area contributed by atoms with Crippen molar-refractivity contribution in [3.8, 4) is 11.5 Å². The average Bonchev–Trinajstić information content (AvgIpc) is 3.04. The smallest absolute Gasteiger partial charge is 0.256 e. The van der Waals surface area contributed by atoms with Crippen LogP contribution in [0.2, 0.25) is 0 Å². The van der Waals surface area contributed by atoms with Crippen molar-refractivity contribution in [2.45, 2.75) is 32.9 Å². The third kappa shape index (κ3) is 4.83. The molecule has 7 nitrogen and oxygen atoms in total. The van der Waals surface area contributed by atoms with Crippen LogP contribution in [0.3, 0.4) is 0 Å². The fourth-order valence-electron chi connectivity index (χ4n) is 3.33. The predicted octanol–water partition coefficient (Wildman–Crippen LogP) is 3.30. The lowest BCUT2D eigenvalue weighted by molar-refractivity contribution is 0.0999. The van der Waals surface area contributed by atoms with E-state index in [1.807, 2.05) is 0 Å². The van der Waals surface area contributed by atoms with Crippen molar-refractivity contribution >= 4 is 40.6 Å². The topological polar surface area (TPSA) is 93.9 Å². The number of nitrogens with zero attached hydrogens (tertiary/aromatic N) is 1. The van der Waals surface area contributed by atoms with E-state index in [0.29, 0.717) is 33.7 Å². The Labute approximate surface area is 180 Å². The van der Waals surface area contributed by atoms with Crippen LogP contribution < -0.4 is 20.5 Å². The number of nitrogens with two attached hydrogens (primary N) is 1. The zero-order chi connectivity index (χ0) is 20.4. The molecule has 2 heterocycles. The largest absolute Gasteiger partial charge is 0.497 e. The van der Waals surface area contributed by atoms with E-state index in [2.05, 4.69) is 24.1 Å². The van der Waals surface area contributed by atoms with E-state index in [4.69, 9.17) is 15.2 Å². The van der Waals surface area contributed by atoms with E-state index in [0.717, 1.165) is 30.0 Å². The van der Waals surface area contributed by atoms with Crippen LogP contribution in [0.5, 0.6) is 11.5 Å². The van der Waals surface area contributed by atoms with Crippen LogP contribution in [0.25, 0.3) is 0 Å². The molecule has 9 heteroatoms. The Bertz CT molecular complexity index is 891. The van der Waals surface area contributed by atoms with Crippen molar-refractivity contribution in [2.24, 2.45) is 5.73 Å². The quantitative estimate of drug-likeness (QED) is 0.720. The zero-order valence-corrected chi connectivity index (χ0v) is 18.5. The fourth-order valence-corrected chi connectivity index (χ4v) is 4.60. The first-order valence-corrected chi connectivity index (χ1v) is 9.88. The van der Waals surface area contributed by atoms with Gasteiger partial charge in [0.15, 0.2) is 0 Å². The summed E-state index contributed by atoms with van der Waals surface area (Å²) in [5.41, 5.74) is 7.40. The van der Waals surface area contributed by atoms with Crippen LogP contribution in [0.15, 0.2) is 18.2 Å². The summed E-state index contributed by atoms with van der Waals surface area (Å²) in [5, 5.41) is 3.36. The highest BCUT2D eigenvalue weighted by molar-refractivity contribution is 7.17. The highest BCUT2D eigenvalue weighted by Crippen LogP contribution is 2.37. The van der Waals surface area contributed by atoms with Gasteiger partial charge < -0.3 is 20.5 Å². The van der Waals surface area contributed by atoms with Crippen molar-refractivity contribution in [3.05, 3.63) is 39.8 Å². The van der Waals surface area contributed by atoms with Crippen LogP contribution in [-0.4, -0.2) is 43.5 Å². The van der Waals surface area contributed by atoms with Crippen LogP contribution in [0, 0.1) is 0 Å². The molecule has 0 atom stereocenters. The molecule has 0 spiro atoms. The van der Waals surface area contributed by atoms with Crippen LogP contribution in [0.1, 0.15) is 45.0 Å². The summed E-state index contributed by atoms with van der Waals surface area (Å²) in [6.07, 6.45) is 0.741. The highest BCUT2D eigenvalue weighted by atomic mass is 35.5. The normalized spacial score (nSPS) is 13.4. The van der Waals surface area contributed by atoms with Gasteiger partial charge in [-0.2, -0.15) is 0 Å². The molecule has 158 valence electrons. The van der Waals surface area contributed by atoms with Crippen LogP contribution >= 0.6 is 23.7 Å². The molecule has 1 aliphatic heterocycles. The van der Waals surface area contributed by atoms with Crippen molar-refractivity contribution in [3.63, 3.8) is 0 Å². The number of halogens is 1. The zero-order valence-electron chi connectivity index (χ0n) is 16.9. The number of rotatable bonds is 6. The Balaban J connectivity index is 0.00000300. The second-order valence-corrected chi connectivity index (χ2v) is 8.05. The van der Waals surface area contributed by atoms with Gasteiger partial charge in [0.05, 0.1) is 19.8 Å². The van der Waals surface area contributed by atoms with Crippen LogP contribution in [0.4, 0.5) is 5.00 Å². The maximum absolute atomic E-state index is 12.8. The Kier molecular flexibility index (Phi) is 7.51. The lowest BCUT2D eigenvalue weighted by Crippen LogP contribution is -2.35. The number of methoxy groups -OCH3 is 2. The second-order valence-electron chi connectivity index (χ2n) is 6.94. The monoisotopic (exact) mass is 439 g/mol. The number of thiophene rings is 1. The summed E-state index contributed by atoms with van der Waals surface area (Å²) in [6, 6.07) is 5.34. The Hall–Kier alpha value is -2.29. The highest BCUT2D eigenvalue weighted by Gasteiger charge is 2.28. The number of anilines is 1. The molecule has 3 N–H and O–H groups in total. The molecule has 3 rings (SSSR count). The number of hydrogen-bond acceptors (Lipinski definition) is 6. The lowest BCUT2D eigenvalue weighted by atomic mass is 10.0. The molecule has 2 aromatic rings. The Morgan fingerprint density at radius 2 is 1.79 bits per heavy atom. The maximum Gasteiger partial charge on any atom is 0.256 e. The van der Waals surface area contributed by atoms with Gasteiger partial charge in [-0.25, -0.2) is 0 Å². The summed E-state index contributed by atoms with van der Waals surface area (Å²) >= 11 is 1.42. The number of fused-ring (bicyclic) bond motifs is 1. The lowest BCUT2D eigenvalue weighted by Gasteiger charge is -2.30. The molecule has 29 heavy (non-hydrogen) atoms. The third-order valence-electron chi connectivity index (χ3n) is 4.90. The first-order valence-electron chi connectivity index (χ1n) is 9.06. The SMILES string of the molecule is COc1cc(OC)cc(C(=O)Nc2sc3c(c2C(N)=O)CCN(C(C)C)C3)c1.Cl. The summed E-state index contributed by atoms with van der Waals surface area (Å²) in [4.78, 5) is 28.4. The second kappa shape index (κ2) is 9.47. The summed E-state index contributed by atoms with van der Waals surface area (Å²) in [7, 11) is 3.05. The minimum absolute atomic E-state index is 0.